The maximum Gasteiger partial charge on any atom is 0.411 e. The Kier molecular flexibility index (Phi) is 6.90. The van der Waals surface area contributed by atoms with E-state index in [-0.39, 0.29) is 0 Å². The molecule has 0 radical (unpaired) electrons. The molecule has 30 heavy (non-hydrogen) atoms. The number of hydrogen-bond acceptors (Lipinski definition) is 6. The van der Waals surface area contributed by atoms with E-state index < -0.39 is 12.1 Å². The van der Waals surface area contributed by atoms with Crippen molar-refractivity contribution in [3.05, 3.63) is 53.9 Å². The minimum atomic E-state index is -0.478. The molecule has 0 aliphatic rings. The van der Waals surface area contributed by atoms with E-state index in [9.17, 15) is 9.59 Å². The quantitative estimate of drug-likeness (QED) is 0.441. The van der Waals surface area contributed by atoms with Crippen LogP contribution in [0.15, 0.2) is 42.7 Å². The summed E-state index contributed by atoms with van der Waals surface area (Å²) >= 11 is 0. The predicted molar refractivity (Wildman–Crippen MR) is 113 cm³/mol. The lowest BCUT2D eigenvalue weighted by molar-refractivity contribution is 0.0600. The first-order chi connectivity index (χ1) is 14.5. The van der Waals surface area contributed by atoms with E-state index >= 15 is 0 Å². The van der Waals surface area contributed by atoms with Gasteiger partial charge in [0, 0.05) is 11.3 Å². The number of fused-ring (bicyclic) bond motifs is 1. The lowest BCUT2D eigenvalue weighted by Crippen LogP contribution is -2.14. The zero-order valence-corrected chi connectivity index (χ0v) is 17.3. The zero-order valence-electron chi connectivity index (χ0n) is 17.3. The fourth-order valence-electron chi connectivity index (χ4n) is 3.03. The Morgan fingerprint density at radius 1 is 1.13 bits per heavy atom. The number of rotatable bonds is 8. The number of methoxy groups -OCH3 is 2. The van der Waals surface area contributed by atoms with Gasteiger partial charge < -0.3 is 18.8 Å². The van der Waals surface area contributed by atoms with Crippen molar-refractivity contribution in [2.75, 3.05) is 26.1 Å². The van der Waals surface area contributed by atoms with Gasteiger partial charge in [-0.15, -0.1) is 0 Å². The Morgan fingerprint density at radius 3 is 2.70 bits per heavy atom. The van der Waals surface area contributed by atoms with Crippen molar-refractivity contribution in [1.29, 1.82) is 0 Å². The zero-order chi connectivity index (χ0) is 21.5. The first-order valence-electron chi connectivity index (χ1n) is 9.69. The molecule has 3 aromatic rings. The Labute approximate surface area is 174 Å². The molecule has 2 aromatic carbocycles. The Morgan fingerprint density at radius 2 is 1.97 bits per heavy atom. The fraction of sp³-hybridized carbons (Fsp3) is 0.318. The van der Waals surface area contributed by atoms with Crippen molar-refractivity contribution in [2.45, 2.75) is 26.3 Å². The molecule has 1 N–H and O–H groups in total. The molecule has 8 nitrogen and oxygen atoms in total. The lowest BCUT2D eigenvalue weighted by Gasteiger charge is -2.12. The van der Waals surface area contributed by atoms with Crippen molar-refractivity contribution in [3.8, 4) is 5.75 Å². The number of nitrogens with zero attached hydrogens (tertiary/aromatic N) is 2. The van der Waals surface area contributed by atoms with Crippen molar-refractivity contribution in [1.82, 2.24) is 9.55 Å². The summed E-state index contributed by atoms with van der Waals surface area (Å²) in [5.74, 6) is 0.156. The number of ether oxygens (including phenoxy) is 3. The monoisotopic (exact) mass is 411 g/mol. The van der Waals surface area contributed by atoms with Crippen molar-refractivity contribution >= 4 is 28.8 Å². The van der Waals surface area contributed by atoms with E-state index in [4.69, 9.17) is 14.2 Å². The van der Waals surface area contributed by atoms with Gasteiger partial charge in [-0.3, -0.25) is 5.32 Å². The van der Waals surface area contributed by atoms with Crippen LogP contribution in [0.5, 0.6) is 5.75 Å². The van der Waals surface area contributed by atoms with Crippen LogP contribution in [0.4, 0.5) is 10.5 Å². The minimum Gasteiger partial charge on any atom is -0.496 e. The van der Waals surface area contributed by atoms with Crippen LogP contribution >= 0.6 is 0 Å². The lowest BCUT2D eigenvalue weighted by atomic mass is 10.1. The van der Waals surface area contributed by atoms with Gasteiger partial charge in [-0.1, -0.05) is 19.4 Å². The predicted octanol–water partition coefficient (Wildman–Crippen LogP) is 4.23. The van der Waals surface area contributed by atoms with Crippen LogP contribution in [0.25, 0.3) is 11.0 Å². The first kappa shape index (κ1) is 21.2. The first-order valence-corrected chi connectivity index (χ1v) is 9.69. The van der Waals surface area contributed by atoms with Gasteiger partial charge in [0.2, 0.25) is 0 Å². The van der Waals surface area contributed by atoms with Gasteiger partial charge >= 0.3 is 12.1 Å². The number of nitrogens with one attached hydrogen (secondary N) is 1. The van der Waals surface area contributed by atoms with Gasteiger partial charge in [0.05, 0.1) is 50.3 Å². The van der Waals surface area contributed by atoms with E-state index in [1.807, 2.05) is 29.7 Å². The molecule has 0 atom stereocenters. The van der Waals surface area contributed by atoms with Crippen LogP contribution in [0.1, 0.15) is 35.7 Å². The van der Waals surface area contributed by atoms with Crippen LogP contribution in [0.3, 0.4) is 0 Å². The summed E-state index contributed by atoms with van der Waals surface area (Å²) in [7, 11) is 2.89. The average Bonchev–Trinajstić information content (AvgIpc) is 3.15. The third-order valence-electron chi connectivity index (χ3n) is 4.65. The highest BCUT2D eigenvalue weighted by Crippen LogP contribution is 2.25. The number of amides is 1. The van der Waals surface area contributed by atoms with E-state index in [0.29, 0.717) is 30.2 Å². The molecule has 0 saturated carbocycles. The molecule has 1 amide bonds. The van der Waals surface area contributed by atoms with E-state index in [1.165, 1.54) is 7.11 Å². The standard InChI is InChI=1S/C22H25N3O5/c1-4-5-10-30-22(27)24-17-8-9-18-19(12-17)25(14-23-18)13-16-7-6-15(21(26)29-3)11-20(16)28-2/h6-9,11-12,14H,4-5,10,13H2,1-3H3,(H,24,27). The van der Waals surface area contributed by atoms with Crippen molar-refractivity contribution in [2.24, 2.45) is 0 Å². The van der Waals surface area contributed by atoms with Crippen LogP contribution < -0.4 is 10.1 Å². The number of aromatic nitrogens is 2. The highest BCUT2D eigenvalue weighted by atomic mass is 16.5. The second-order valence-electron chi connectivity index (χ2n) is 6.71. The molecule has 158 valence electrons. The third kappa shape index (κ3) is 4.89. The normalized spacial score (nSPS) is 10.6. The fourth-order valence-corrected chi connectivity index (χ4v) is 3.03. The number of anilines is 1. The summed E-state index contributed by atoms with van der Waals surface area (Å²) in [4.78, 5) is 28.1. The molecule has 0 unspecified atom stereocenters. The Balaban J connectivity index is 1.81. The van der Waals surface area contributed by atoms with Crippen molar-refractivity contribution < 1.29 is 23.8 Å². The number of hydrogen-bond donors (Lipinski definition) is 1. The molecule has 0 spiro atoms. The van der Waals surface area contributed by atoms with Gasteiger partial charge in [0.1, 0.15) is 5.75 Å². The van der Waals surface area contributed by atoms with E-state index in [0.717, 1.165) is 29.4 Å². The van der Waals surface area contributed by atoms with Gasteiger partial charge in [0.15, 0.2) is 0 Å². The molecule has 1 heterocycles. The molecule has 1 aromatic heterocycles. The maximum absolute atomic E-state index is 11.9. The van der Waals surface area contributed by atoms with Crippen LogP contribution in [-0.4, -0.2) is 42.4 Å². The van der Waals surface area contributed by atoms with Crippen molar-refractivity contribution in [3.63, 3.8) is 0 Å². The molecule has 0 aliphatic carbocycles. The van der Waals surface area contributed by atoms with Gasteiger partial charge in [-0.25, -0.2) is 14.6 Å². The summed E-state index contributed by atoms with van der Waals surface area (Å²) in [6, 6.07) is 10.6. The second kappa shape index (κ2) is 9.78. The van der Waals surface area contributed by atoms with E-state index in [2.05, 4.69) is 10.3 Å². The second-order valence-corrected chi connectivity index (χ2v) is 6.71. The minimum absolute atomic E-state index is 0.393. The molecular weight excluding hydrogens is 386 g/mol. The number of carbonyl (C=O) groups is 2. The third-order valence-corrected chi connectivity index (χ3v) is 4.65. The molecule has 0 bridgehead atoms. The summed E-state index contributed by atoms with van der Waals surface area (Å²) in [5, 5.41) is 2.74. The number of carbonyl (C=O) groups excluding carboxylic acids is 2. The number of imidazole rings is 1. The molecular formula is C22H25N3O5. The SMILES string of the molecule is CCCCOC(=O)Nc1ccc2ncn(Cc3ccc(C(=O)OC)cc3OC)c2c1. The Bertz CT molecular complexity index is 1040. The molecule has 8 heteroatoms. The largest absolute Gasteiger partial charge is 0.496 e. The Hall–Kier alpha value is -3.55. The highest BCUT2D eigenvalue weighted by Gasteiger charge is 2.13. The molecule has 0 saturated heterocycles. The summed E-state index contributed by atoms with van der Waals surface area (Å²) in [5.41, 5.74) is 3.56. The summed E-state index contributed by atoms with van der Waals surface area (Å²) < 4.78 is 17.3. The van der Waals surface area contributed by atoms with Crippen LogP contribution in [-0.2, 0) is 16.0 Å². The smallest absolute Gasteiger partial charge is 0.411 e. The topological polar surface area (TPSA) is 91.7 Å². The summed E-state index contributed by atoms with van der Waals surface area (Å²) in [6.07, 6.45) is 3.04. The molecule has 0 aliphatic heterocycles. The van der Waals surface area contributed by atoms with Gasteiger partial charge in [0.25, 0.3) is 0 Å². The number of esters is 1. The summed E-state index contributed by atoms with van der Waals surface area (Å²) in [6.45, 7) is 2.91. The average molecular weight is 411 g/mol. The van der Waals surface area contributed by atoms with Crippen LogP contribution in [0, 0.1) is 0 Å². The molecule has 0 fully saturated rings. The number of unbranched alkanes of at least 4 members (excludes halogenated alkanes) is 1. The maximum atomic E-state index is 11.9. The van der Waals surface area contributed by atoms with Gasteiger partial charge in [-0.2, -0.15) is 0 Å². The number of benzene rings is 2. The van der Waals surface area contributed by atoms with Crippen LogP contribution in [0.2, 0.25) is 0 Å². The van der Waals surface area contributed by atoms with E-state index in [1.54, 1.807) is 31.6 Å². The van der Waals surface area contributed by atoms with Gasteiger partial charge in [-0.05, 0) is 36.8 Å². The highest BCUT2D eigenvalue weighted by molar-refractivity contribution is 5.90. The molecule has 3 rings (SSSR count).